The number of hydrogen-bond donors (Lipinski definition) is 1. The van der Waals surface area contributed by atoms with E-state index in [-0.39, 0.29) is 6.10 Å². The van der Waals surface area contributed by atoms with Gasteiger partial charge < -0.3 is 10.1 Å². The minimum absolute atomic E-state index is 0.237. The molecular weight excluding hydrogens is 246 g/mol. The highest BCUT2D eigenvalue weighted by Gasteiger charge is 2.20. The highest BCUT2D eigenvalue weighted by atomic mass is 16.5. The molecule has 0 aromatic heterocycles. The summed E-state index contributed by atoms with van der Waals surface area (Å²) in [5.41, 5.74) is 2.57. The normalized spacial score (nSPS) is 14.3. The van der Waals surface area contributed by atoms with E-state index in [1.54, 1.807) is 0 Å². The summed E-state index contributed by atoms with van der Waals surface area (Å²) in [5, 5.41) is 3.41. The van der Waals surface area contributed by atoms with Crippen molar-refractivity contribution in [2.24, 2.45) is 0 Å². The van der Waals surface area contributed by atoms with Crippen LogP contribution >= 0.6 is 0 Å². The summed E-state index contributed by atoms with van der Waals surface area (Å²) in [5.74, 6) is 1.58. The molecule has 1 aromatic rings. The standard InChI is InChI=1S/C18H31NO/c1-7-9-16(19-6)17(8-2)20-18-12-15(13(3)4)11-10-14(18)5/h10-13,16-17,19H,7-9H2,1-6H3. The average Bonchev–Trinajstić information content (AvgIpc) is 2.44. The number of hydrogen-bond acceptors (Lipinski definition) is 2. The van der Waals surface area contributed by atoms with Crippen LogP contribution in [-0.4, -0.2) is 19.2 Å². The van der Waals surface area contributed by atoms with Crippen molar-refractivity contribution in [2.45, 2.75) is 71.9 Å². The van der Waals surface area contributed by atoms with Crippen molar-refractivity contribution in [1.29, 1.82) is 0 Å². The van der Waals surface area contributed by atoms with Crippen molar-refractivity contribution in [1.82, 2.24) is 5.32 Å². The lowest BCUT2D eigenvalue weighted by molar-refractivity contribution is 0.145. The molecule has 2 nitrogen and oxygen atoms in total. The van der Waals surface area contributed by atoms with Gasteiger partial charge in [0.05, 0.1) is 0 Å². The maximum Gasteiger partial charge on any atom is 0.122 e. The molecular formula is C18H31NO. The van der Waals surface area contributed by atoms with E-state index in [0.717, 1.165) is 18.6 Å². The van der Waals surface area contributed by atoms with Gasteiger partial charge in [-0.1, -0.05) is 46.2 Å². The molecule has 0 aliphatic heterocycles. The zero-order valence-corrected chi connectivity index (χ0v) is 14.0. The van der Waals surface area contributed by atoms with Crippen LogP contribution in [-0.2, 0) is 0 Å². The van der Waals surface area contributed by atoms with Gasteiger partial charge in [-0.05, 0) is 49.9 Å². The second kappa shape index (κ2) is 8.31. The maximum absolute atomic E-state index is 6.33. The Morgan fingerprint density at radius 2 is 1.90 bits per heavy atom. The Balaban J connectivity index is 2.90. The van der Waals surface area contributed by atoms with Crippen molar-refractivity contribution in [2.75, 3.05) is 7.05 Å². The minimum atomic E-state index is 0.237. The lowest BCUT2D eigenvalue weighted by atomic mass is 10.0. The molecule has 0 saturated carbocycles. The van der Waals surface area contributed by atoms with Crippen LogP contribution in [0.3, 0.4) is 0 Å². The summed E-state index contributed by atoms with van der Waals surface area (Å²) < 4.78 is 6.33. The summed E-state index contributed by atoms with van der Waals surface area (Å²) in [6.45, 7) is 11.0. The van der Waals surface area contributed by atoms with E-state index in [1.807, 2.05) is 7.05 Å². The Kier molecular flexibility index (Phi) is 7.08. The van der Waals surface area contributed by atoms with E-state index in [1.165, 1.54) is 17.5 Å². The van der Waals surface area contributed by atoms with E-state index in [0.29, 0.717) is 12.0 Å². The summed E-state index contributed by atoms with van der Waals surface area (Å²) in [4.78, 5) is 0. The van der Waals surface area contributed by atoms with Crippen LogP contribution in [0.1, 0.15) is 64.0 Å². The van der Waals surface area contributed by atoms with Gasteiger partial charge in [0.25, 0.3) is 0 Å². The zero-order valence-electron chi connectivity index (χ0n) is 14.0. The third kappa shape index (κ3) is 4.52. The van der Waals surface area contributed by atoms with E-state index in [9.17, 15) is 0 Å². The van der Waals surface area contributed by atoms with Gasteiger partial charge in [0.1, 0.15) is 11.9 Å². The van der Waals surface area contributed by atoms with E-state index >= 15 is 0 Å². The Morgan fingerprint density at radius 3 is 2.40 bits per heavy atom. The van der Waals surface area contributed by atoms with Crippen molar-refractivity contribution in [3.05, 3.63) is 29.3 Å². The number of likely N-dealkylation sites (N-methyl/N-ethyl adjacent to an activating group) is 1. The Bertz CT molecular complexity index is 400. The van der Waals surface area contributed by atoms with Crippen molar-refractivity contribution < 1.29 is 4.74 Å². The summed E-state index contributed by atoms with van der Waals surface area (Å²) in [7, 11) is 2.03. The van der Waals surface area contributed by atoms with E-state index in [4.69, 9.17) is 4.74 Å². The van der Waals surface area contributed by atoms with Gasteiger partial charge in [-0.2, -0.15) is 0 Å². The fourth-order valence-corrected chi connectivity index (χ4v) is 2.54. The van der Waals surface area contributed by atoms with E-state index in [2.05, 4.69) is 58.1 Å². The first kappa shape index (κ1) is 17.0. The molecule has 1 rings (SSSR count). The van der Waals surface area contributed by atoms with Crippen molar-refractivity contribution in [3.63, 3.8) is 0 Å². The average molecular weight is 277 g/mol. The van der Waals surface area contributed by atoms with Crippen molar-refractivity contribution in [3.8, 4) is 5.75 Å². The van der Waals surface area contributed by atoms with Gasteiger partial charge in [0.15, 0.2) is 0 Å². The summed E-state index contributed by atoms with van der Waals surface area (Å²) in [6.07, 6.45) is 3.59. The fraction of sp³-hybridized carbons (Fsp3) is 0.667. The lowest BCUT2D eigenvalue weighted by Crippen LogP contribution is -2.40. The molecule has 114 valence electrons. The molecule has 0 aliphatic carbocycles. The lowest BCUT2D eigenvalue weighted by Gasteiger charge is -2.27. The first-order valence-corrected chi connectivity index (χ1v) is 7.97. The second-order valence-corrected chi connectivity index (χ2v) is 5.93. The molecule has 0 fully saturated rings. The summed E-state index contributed by atoms with van der Waals surface area (Å²) >= 11 is 0. The first-order chi connectivity index (χ1) is 9.53. The van der Waals surface area contributed by atoms with Crippen LogP contribution < -0.4 is 10.1 Å². The largest absolute Gasteiger partial charge is 0.489 e. The smallest absolute Gasteiger partial charge is 0.122 e. The van der Waals surface area contributed by atoms with Crippen LogP contribution in [0.15, 0.2) is 18.2 Å². The van der Waals surface area contributed by atoms with E-state index < -0.39 is 0 Å². The molecule has 0 radical (unpaired) electrons. The van der Waals surface area contributed by atoms with Gasteiger partial charge in [0, 0.05) is 6.04 Å². The molecule has 2 atom stereocenters. The molecule has 2 unspecified atom stereocenters. The van der Waals surface area contributed by atoms with Gasteiger partial charge in [-0.3, -0.25) is 0 Å². The molecule has 1 N–H and O–H groups in total. The number of rotatable bonds is 8. The van der Waals surface area contributed by atoms with Crippen LogP contribution in [0.25, 0.3) is 0 Å². The number of benzene rings is 1. The van der Waals surface area contributed by atoms with Crippen LogP contribution in [0.5, 0.6) is 5.75 Å². The van der Waals surface area contributed by atoms with Gasteiger partial charge in [-0.15, -0.1) is 0 Å². The van der Waals surface area contributed by atoms with Crippen LogP contribution in [0.4, 0.5) is 0 Å². The SMILES string of the molecule is CCCC(NC)C(CC)Oc1cc(C(C)C)ccc1C. The summed E-state index contributed by atoms with van der Waals surface area (Å²) in [6, 6.07) is 7.01. The molecule has 2 heteroatoms. The number of nitrogens with one attached hydrogen (secondary N) is 1. The molecule has 0 saturated heterocycles. The fourth-order valence-electron chi connectivity index (χ4n) is 2.54. The monoisotopic (exact) mass is 277 g/mol. The predicted molar refractivity (Wildman–Crippen MR) is 87.7 cm³/mol. The Morgan fingerprint density at radius 1 is 1.20 bits per heavy atom. The van der Waals surface area contributed by atoms with Gasteiger partial charge >= 0.3 is 0 Å². The highest BCUT2D eigenvalue weighted by Crippen LogP contribution is 2.26. The van der Waals surface area contributed by atoms with Gasteiger partial charge in [-0.25, -0.2) is 0 Å². The topological polar surface area (TPSA) is 21.3 Å². The molecule has 0 bridgehead atoms. The van der Waals surface area contributed by atoms with Gasteiger partial charge in [0.2, 0.25) is 0 Å². The van der Waals surface area contributed by atoms with Crippen LogP contribution in [0, 0.1) is 6.92 Å². The zero-order chi connectivity index (χ0) is 15.1. The number of ether oxygens (including phenoxy) is 1. The maximum atomic E-state index is 6.33. The molecule has 0 heterocycles. The third-order valence-corrected chi connectivity index (χ3v) is 3.98. The highest BCUT2D eigenvalue weighted by molar-refractivity contribution is 5.38. The molecule has 20 heavy (non-hydrogen) atoms. The molecule has 0 aliphatic rings. The molecule has 0 amide bonds. The first-order valence-electron chi connectivity index (χ1n) is 7.97. The number of aryl methyl sites for hydroxylation is 1. The molecule has 1 aromatic carbocycles. The second-order valence-electron chi connectivity index (χ2n) is 5.93. The molecule has 0 spiro atoms. The minimum Gasteiger partial charge on any atom is -0.489 e. The predicted octanol–water partition coefficient (Wildman–Crippen LogP) is 4.66. The van der Waals surface area contributed by atoms with Crippen LogP contribution in [0.2, 0.25) is 0 Å². The Hall–Kier alpha value is -1.02. The third-order valence-electron chi connectivity index (χ3n) is 3.98. The van der Waals surface area contributed by atoms with Crippen molar-refractivity contribution >= 4 is 0 Å². The Labute approximate surface area is 124 Å². The quantitative estimate of drug-likeness (QED) is 0.746.